The molecule has 0 aromatic carbocycles. The standard InChI is InChI=1S/C14H22N2OS/c1-11-6-9-18-12(11)13(17)15-10-14(16(2)3)7-4-5-8-14/h6,9H,4-5,7-8,10H2,1-3H3,(H,15,17). The SMILES string of the molecule is Cc1ccsc1C(=O)NCC1(N(C)C)CCCC1. The van der Waals surface area contributed by atoms with Gasteiger partial charge in [-0.1, -0.05) is 12.8 Å². The van der Waals surface area contributed by atoms with E-state index in [2.05, 4.69) is 24.3 Å². The van der Waals surface area contributed by atoms with Gasteiger partial charge in [-0.3, -0.25) is 4.79 Å². The molecule has 0 radical (unpaired) electrons. The van der Waals surface area contributed by atoms with Crippen LogP contribution in [0.4, 0.5) is 0 Å². The first-order chi connectivity index (χ1) is 8.55. The van der Waals surface area contributed by atoms with Crippen molar-refractivity contribution in [2.24, 2.45) is 0 Å². The van der Waals surface area contributed by atoms with Crippen LogP contribution in [0.15, 0.2) is 11.4 Å². The number of carbonyl (C=O) groups is 1. The molecular formula is C14H22N2OS. The summed E-state index contributed by atoms with van der Waals surface area (Å²) in [6.07, 6.45) is 4.91. The van der Waals surface area contributed by atoms with Crippen molar-refractivity contribution in [2.45, 2.75) is 38.1 Å². The minimum Gasteiger partial charge on any atom is -0.349 e. The average Bonchev–Trinajstić information content (AvgIpc) is 2.95. The van der Waals surface area contributed by atoms with Crippen LogP contribution in [0.3, 0.4) is 0 Å². The fourth-order valence-electron chi connectivity index (χ4n) is 2.75. The lowest BCUT2D eigenvalue weighted by Gasteiger charge is -2.36. The number of thiophene rings is 1. The normalized spacial score (nSPS) is 18.2. The third kappa shape index (κ3) is 2.59. The van der Waals surface area contributed by atoms with Gasteiger partial charge in [0.2, 0.25) is 0 Å². The molecule has 1 aliphatic carbocycles. The van der Waals surface area contributed by atoms with Crippen molar-refractivity contribution >= 4 is 17.2 Å². The van der Waals surface area contributed by atoms with Crippen LogP contribution in [0.5, 0.6) is 0 Å². The molecule has 0 bridgehead atoms. The summed E-state index contributed by atoms with van der Waals surface area (Å²) in [5.41, 5.74) is 1.24. The van der Waals surface area contributed by atoms with Gasteiger partial charge in [0.25, 0.3) is 5.91 Å². The molecule has 0 unspecified atom stereocenters. The maximum Gasteiger partial charge on any atom is 0.261 e. The lowest BCUT2D eigenvalue weighted by atomic mass is 9.96. The number of aryl methyl sites for hydroxylation is 1. The summed E-state index contributed by atoms with van der Waals surface area (Å²) in [6, 6.07) is 2.00. The summed E-state index contributed by atoms with van der Waals surface area (Å²) in [7, 11) is 4.24. The van der Waals surface area contributed by atoms with Gasteiger partial charge in [-0.25, -0.2) is 0 Å². The summed E-state index contributed by atoms with van der Waals surface area (Å²) in [5.74, 6) is 0.0793. The first kappa shape index (κ1) is 13.6. The van der Waals surface area contributed by atoms with E-state index in [0.29, 0.717) is 0 Å². The van der Waals surface area contributed by atoms with Gasteiger partial charge in [0.05, 0.1) is 4.88 Å². The Bertz CT molecular complexity index is 419. The van der Waals surface area contributed by atoms with Gasteiger partial charge in [-0.05, 0) is 50.9 Å². The van der Waals surface area contributed by atoms with Crippen molar-refractivity contribution in [2.75, 3.05) is 20.6 Å². The second-order valence-electron chi connectivity index (χ2n) is 5.44. The van der Waals surface area contributed by atoms with E-state index in [0.717, 1.165) is 17.0 Å². The Hall–Kier alpha value is -0.870. The molecule has 100 valence electrons. The highest BCUT2D eigenvalue weighted by molar-refractivity contribution is 7.12. The summed E-state index contributed by atoms with van der Waals surface area (Å²) < 4.78 is 0. The number of likely N-dealkylation sites (N-methyl/N-ethyl adjacent to an activating group) is 1. The van der Waals surface area contributed by atoms with Gasteiger partial charge in [-0.15, -0.1) is 11.3 Å². The predicted octanol–water partition coefficient (Wildman–Crippen LogP) is 2.66. The quantitative estimate of drug-likeness (QED) is 0.908. The zero-order valence-electron chi connectivity index (χ0n) is 11.5. The van der Waals surface area contributed by atoms with E-state index >= 15 is 0 Å². The fraction of sp³-hybridized carbons (Fsp3) is 0.643. The molecule has 1 saturated carbocycles. The summed E-state index contributed by atoms with van der Waals surface area (Å²) in [5, 5.41) is 5.09. The van der Waals surface area contributed by atoms with Gasteiger partial charge < -0.3 is 10.2 Å². The number of amides is 1. The topological polar surface area (TPSA) is 32.3 Å². The third-order valence-corrected chi connectivity index (χ3v) is 5.14. The number of nitrogens with zero attached hydrogens (tertiary/aromatic N) is 1. The molecule has 3 nitrogen and oxygen atoms in total. The zero-order valence-corrected chi connectivity index (χ0v) is 12.3. The zero-order chi connectivity index (χ0) is 13.2. The minimum absolute atomic E-state index is 0.0793. The molecule has 1 aromatic rings. The number of hydrogen-bond donors (Lipinski definition) is 1. The maximum absolute atomic E-state index is 12.1. The molecule has 4 heteroatoms. The Morgan fingerprint density at radius 3 is 2.61 bits per heavy atom. The van der Waals surface area contributed by atoms with Crippen LogP contribution in [0.1, 0.15) is 40.9 Å². The molecule has 0 aliphatic heterocycles. The summed E-state index contributed by atoms with van der Waals surface area (Å²) >= 11 is 1.52. The Balaban J connectivity index is 1.98. The number of hydrogen-bond acceptors (Lipinski definition) is 3. The molecule has 1 heterocycles. The number of rotatable bonds is 4. The number of carbonyl (C=O) groups excluding carboxylic acids is 1. The Morgan fingerprint density at radius 1 is 1.44 bits per heavy atom. The lowest BCUT2D eigenvalue weighted by Crippen LogP contribution is -2.50. The molecule has 18 heavy (non-hydrogen) atoms. The average molecular weight is 266 g/mol. The van der Waals surface area contributed by atoms with Crippen molar-refractivity contribution in [3.05, 3.63) is 21.9 Å². The number of nitrogens with one attached hydrogen (secondary N) is 1. The van der Waals surface area contributed by atoms with E-state index in [-0.39, 0.29) is 11.4 Å². The highest BCUT2D eigenvalue weighted by Crippen LogP contribution is 2.33. The van der Waals surface area contributed by atoms with Crippen molar-refractivity contribution < 1.29 is 4.79 Å². The highest BCUT2D eigenvalue weighted by Gasteiger charge is 2.36. The van der Waals surface area contributed by atoms with Crippen LogP contribution in [-0.2, 0) is 0 Å². The maximum atomic E-state index is 12.1. The van der Waals surface area contributed by atoms with Gasteiger partial charge in [0.1, 0.15) is 0 Å². The Kier molecular flexibility index (Phi) is 4.07. The smallest absolute Gasteiger partial charge is 0.261 e. The molecule has 1 fully saturated rings. The molecular weight excluding hydrogens is 244 g/mol. The van der Waals surface area contributed by atoms with Crippen LogP contribution in [0.25, 0.3) is 0 Å². The fourth-order valence-corrected chi connectivity index (χ4v) is 3.59. The van der Waals surface area contributed by atoms with Gasteiger partial charge in [-0.2, -0.15) is 0 Å². The van der Waals surface area contributed by atoms with Crippen molar-refractivity contribution in [3.8, 4) is 0 Å². The van der Waals surface area contributed by atoms with Gasteiger partial charge >= 0.3 is 0 Å². The second-order valence-corrected chi connectivity index (χ2v) is 6.36. The Labute approximate surface area is 113 Å². The summed E-state index contributed by atoms with van der Waals surface area (Å²) in [4.78, 5) is 15.3. The van der Waals surface area contributed by atoms with Gasteiger partial charge in [0, 0.05) is 12.1 Å². The van der Waals surface area contributed by atoms with E-state index in [1.165, 1.54) is 37.0 Å². The van der Waals surface area contributed by atoms with E-state index in [1.54, 1.807) is 0 Å². The first-order valence-electron chi connectivity index (χ1n) is 6.55. The van der Waals surface area contributed by atoms with Crippen LogP contribution in [0.2, 0.25) is 0 Å². The first-order valence-corrected chi connectivity index (χ1v) is 7.43. The molecule has 1 aliphatic rings. The van der Waals surface area contributed by atoms with Crippen LogP contribution in [-0.4, -0.2) is 37.0 Å². The van der Waals surface area contributed by atoms with Crippen LogP contribution in [0, 0.1) is 6.92 Å². The molecule has 0 saturated heterocycles. The molecule has 0 atom stereocenters. The van der Waals surface area contributed by atoms with E-state index < -0.39 is 0 Å². The largest absolute Gasteiger partial charge is 0.349 e. The Morgan fingerprint density at radius 2 is 2.11 bits per heavy atom. The third-order valence-electron chi connectivity index (χ3n) is 4.13. The molecule has 2 rings (SSSR count). The summed E-state index contributed by atoms with van der Waals surface area (Å²) in [6.45, 7) is 2.75. The molecule has 1 N–H and O–H groups in total. The van der Waals surface area contributed by atoms with Crippen LogP contribution >= 0.6 is 11.3 Å². The van der Waals surface area contributed by atoms with Gasteiger partial charge in [0.15, 0.2) is 0 Å². The van der Waals surface area contributed by atoms with Crippen molar-refractivity contribution in [1.82, 2.24) is 10.2 Å². The van der Waals surface area contributed by atoms with E-state index in [9.17, 15) is 4.79 Å². The second kappa shape index (κ2) is 5.41. The van der Waals surface area contributed by atoms with Crippen molar-refractivity contribution in [3.63, 3.8) is 0 Å². The monoisotopic (exact) mass is 266 g/mol. The van der Waals surface area contributed by atoms with E-state index in [1.807, 2.05) is 18.4 Å². The van der Waals surface area contributed by atoms with Crippen LogP contribution < -0.4 is 5.32 Å². The predicted molar refractivity (Wildman–Crippen MR) is 76.3 cm³/mol. The van der Waals surface area contributed by atoms with Crippen molar-refractivity contribution in [1.29, 1.82) is 0 Å². The molecule has 1 amide bonds. The van der Waals surface area contributed by atoms with E-state index in [4.69, 9.17) is 0 Å². The highest BCUT2D eigenvalue weighted by atomic mass is 32.1. The lowest BCUT2D eigenvalue weighted by molar-refractivity contribution is 0.0903. The minimum atomic E-state index is 0.0793. The molecule has 0 spiro atoms. The molecule has 1 aromatic heterocycles.